The van der Waals surface area contributed by atoms with Gasteiger partial charge in [-0.15, -0.1) is 11.3 Å². The third-order valence-corrected chi connectivity index (χ3v) is 4.57. The zero-order valence-electron chi connectivity index (χ0n) is 12.2. The molecule has 112 valence electrons. The predicted octanol–water partition coefficient (Wildman–Crippen LogP) is 1.48. The highest BCUT2D eigenvalue weighted by molar-refractivity contribution is 7.09. The Morgan fingerprint density at radius 2 is 2.45 bits per heavy atom. The van der Waals surface area contributed by atoms with Crippen LogP contribution in [0, 0.1) is 0 Å². The van der Waals surface area contributed by atoms with Crippen molar-refractivity contribution in [3.63, 3.8) is 0 Å². The number of carbonyl (C=O) groups is 1. The molecule has 2 N–H and O–H groups in total. The molecule has 1 aliphatic heterocycles. The van der Waals surface area contributed by atoms with Gasteiger partial charge in [-0.2, -0.15) is 0 Å². The average Bonchev–Trinajstić information content (AvgIpc) is 2.93. The molecule has 1 atom stereocenters. The molecule has 1 aromatic rings. The van der Waals surface area contributed by atoms with Gasteiger partial charge in [0.15, 0.2) is 0 Å². The maximum atomic E-state index is 11.9. The van der Waals surface area contributed by atoms with Crippen molar-refractivity contribution in [2.45, 2.75) is 31.7 Å². The zero-order chi connectivity index (χ0) is 14.2. The van der Waals surface area contributed by atoms with E-state index in [0.29, 0.717) is 12.6 Å². The first-order chi connectivity index (χ1) is 9.74. The third-order valence-electron chi connectivity index (χ3n) is 3.63. The Hall–Kier alpha value is -0.910. The number of thiophene rings is 1. The fraction of sp³-hybridized carbons (Fsp3) is 0.667. The van der Waals surface area contributed by atoms with Crippen molar-refractivity contribution in [3.8, 4) is 0 Å². The molecule has 1 unspecified atom stereocenters. The van der Waals surface area contributed by atoms with Gasteiger partial charge in [0, 0.05) is 24.0 Å². The van der Waals surface area contributed by atoms with E-state index in [-0.39, 0.29) is 5.91 Å². The number of likely N-dealkylation sites (N-methyl/N-ethyl adjacent to an activating group) is 1. The Bertz CT molecular complexity index is 388. The van der Waals surface area contributed by atoms with E-state index in [2.05, 4.69) is 27.0 Å². The largest absolute Gasteiger partial charge is 0.355 e. The molecule has 5 heteroatoms. The molecule has 0 saturated carbocycles. The topological polar surface area (TPSA) is 44.4 Å². The maximum Gasteiger partial charge on any atom is 0.234 e. The van der Waals surface area contributed by atoms with Crippen LogP contribution in [0.3, 0.4) is 0 Å². The average molecular weight is 295 g/mol. The van der Waals surface area contributed by atoms with Gasteiger partial charge in [-0.25, -0.2) is 0 Å². The fourth-order valence-corrected chi connectivity index (χ4v) is 3.31. The highest BCUT2D eigenvalue weighted by atomic mass is 32.1. The summed E-state index contributed by atoms with van der Waals surface area (Å²) >= 11 is 1.74. The van der Waals surface area contributed by atoms with Crippen molar-refractivity contribution in [1.29, 1.82) is 0 Å². The molecule has 0 spiro atoms. The summed E-state index contributed by atoms with van der Waals surface area (Å²) in [6.45, 7) is 3.29. The van der Waals surface area contributed by atoms with Crippen LogP contribution in [0.2, 0.25) is 0 Å². The molecule has 1 aromatic heterocycles. The summed E-state index contributed by atoms with van der Waals surface area (Å²) in [5.74, 6) is 0.125. The minimum absolute atomic E-state index is 0.125. The quantitative estimate of drug-likeness (QED) is 0.801. The highest BCUT2D eigenvalue weighted by Gasteiger charge is 2.15. The van der Waals surface area contributed by atoms with Crippen LogP contribution in [-0.2, 0) is 11.2 Å². The number of nitrogens with one attached hydrogen (secondary N) is 2. The summed E-state index contributed by atoms with van der Waals surface area (Å²) in [4.78, 5) is 15.3. The van der Waals surface area contributed by atoms with E-state index in [9.17, 15) is 4.79 Å². The van der Waals surface area contributed by atoms with Gasteiger partial charge in [0.25, 0.3) is 0 Å². The number of piperidine rings is 1. The molecule has 4 nitrogen and oxygen atoms in total. The zero-order valence-corrected chi connectivity index (χ0v) is 13.0. The summed E-state index contributed by atoms with van der Waals surface area (Å²) in [6, 6.07) is 4.71. The maximum absolute atomic E-state index is 11.9. The molecule has 1 aliphatic rings. The molecular weight excluding hydrogens is 270 g/mol. The summed E-state index contributed by atoms with van der Waals surface area (Å²) in [6.07, 6.45) is 4.74. The number of hydrogen-bond donors (Lipinski definition) is 2. The van der Waals surface area contributed by atoms with Crippen LogP contribution >= 0.6 is 11.3 Å². The lowest BCUT2D eigenvalue weighted by atomic mass is 10.0. The van der Waals surface area contributed by atoms with E-state index in [4.69, 9.17) is 0 Å². The summed E-state index contributed by atoms with van der Waals surface area (Å²) in [7, 11) is 2.02. The van der Waals surface area contributed by atoms with Gasteiger partial charge in [-0.05, 0) is 44.3 Å². The predicted molar refractivity (Wildman–Crippen MR) is 84.2 cm³/mol. The minimum Gasteiger partial charge on any atom is -0.355 e. The molecule has 20 heavy (non-hydrogen) atoms. The second-order valence-corrected chi connectivity index (χ2v) is 6.56. The SMILES string of the molecule is CN(CC(=O)NCCc1cccs1)CC1CCCCN1. The van der Waals surface area contributed by atoms with Crippen molar-refractivity contribution in [3.05, 3.63) is 22.4 Å². The van der Waals surface area contributed by atoms with Gasteiger partial charge >= 0.3 is 0 Å². The number of amides is 1. The monoisotopic (exact) mass is 295 g/mol. The first kappa shape index (κ1) is 15.5. The van der Waals surface area contributed by atoms with E-state index in [0.717, 1.165) is 26.1 Å². The molecular formula is C15H25N3OS. The van der Waals surface area contributed by atoms with Gasteiger partial charge in [0.05, 0.1) is 6.54 Å². The Balaban J connectivity index is 1.58. The van der Waals surface area contributed by atoms with Crippen LogP contribution < -0.4 is 10.6 Å². The molecule has 0 bridgehead atoms. The van der Waals surface area contributed by atoms with Crippen LogP contribution in [0.1, 0.15) is 24.1 Å². The van der Waals surface area contributed by atoms with E-state index in [1.54, 1.807) is 11.3 Å². The molecule has 1 saturated heterocycles. The summed E-state index contributed by atoms with van der Waals surface area (Å²) < 4.78 is 0. The third kappa shape index (κ3) is 5.61. The molecule has 2 rings (SSSR count). The van der Waals surface area contributed by atoms with Crippen LogP contribution in [0.4, 0.5) is 0 Å². The Morgan fingerprint density at radius 3 is 3.15 bits per heavy atom. The number of carbonyl (C=O) groups excluding carboxylic acids is 1. The Kier molecular flexibility index (Phi) is 6.50. The number of nitrogens with zero attached hydrogens (tertiary/aromatic N) is 1. The molecule has 0 aliphatic carbocycles. The fourth-order valence-electron chi connectivity index (χ4n) is 2.60. The lowest BCUT2D eigenvalue weighted by Gasteiger charge is -2.27. The van der Waals surface area contributed by atoms with Gasteiger partial charge in [-0.3, -0.25) is 9.69 Å². The van der Waals surface area contributed by atoms with Crippen molar-refractivity contribution in [2.75, 3.05) is 33.2 Å². The van der Waals surface area contributed by atoms with Gasteiger partial charge in [0.1, 0.15) is 0 Å². The van der Waals surface area contributed by atoms with Crippen LogP contribution in [0.25, 0.3) is 0 Å². The van der Waals surface area contributed by atoms with E-state index in [1.807, 2.05) is 13.1 Å². The lowest BCUT2D eigenvalue weighted by molar-refractivity contribution is -0.122. The molecule has 1 amide bonds. The summed E-state index contributed by atoms with van der Waals surface area (Å²) in [5, 5.41) is 8.58. The Morgan fingerprint density at radius 1 is 1.55 bits per heavy atom. The molecule has 2 heterocycles. The Labute approximate surface area is 125 Å². The first-order valence-electron chi connectivity index (χ1n) is 7.45. The first-order valence-corrected chi connectivity index (χ1v) is 8.33. The van der Waals surface area contributed by atoms with Gasteiger partial charge in [-0.1, -0.05) is 12.5 Å². The molecule has 0 radical (unpaired) electrons. The van der Waals surface area contributed by atoms with Crippen LogP contribution in [0.15, 0.2) is 17.5 Å². The number of hydrogen-bond acceptors (Lipinski definition) is 4. The highest BCUT2D eigenvalue weighted by Crippen LogP contribution is 2.08. The van der Waals surface area contributed by atoms with E-state index in [1.165, 1.54) is 24.1 Å². The van der Waals surface area contributed by atoms with E-state index >= 15 is 0 Å². The van der Waals surface area contributed by atoms with Crippen LogP contribution in [0.5, 0.6) is 0 Å². The van der Waals surface area contributed by atoms with Crippen molar-refractivity contribution in [1.82, 2.24) is 15.5 Å². The van der Waals surface area contributed by atoms with Crippen molar-refractivity contribution in [2.24, 2.45) is 0 Å². The summed E-state index contributed by atoms with van der Waals surface area (Å²) in [5.41, 5.74) is 0. The minimum atomic E-state index is 0.125. The van der Waals surface area contributed by atoms with Crippen molar-refractivity contribution >= 4 is 17.2 Å². The standard InChI is InChI=1S/C15H25N3OS/c1-18(11-13-5-2-3-8-16-13)12-15(19)17-9-7-14-6-4-10-20-14/h4,6,10,13,16H,2-3,5,7-9,11-12H2,1H3,(H,17,19). The molecule has 0 aromatic carbocycles. The van der Waals surface area contributed by atoms with Crippen molar-refractivity contribution < 1.29 is 4.79 Å². The molecule has 1 fully saturated rings. The van der Waals surface area contributed by atoms with Crippen LogP contribution in [-0.4, -0.2) is 50.1 Å². The van der Waals surface area contributed by atoms with Gasteiger partial charge < -0.3 is 10.6 Å². The smallest absolute Gasteiger partial charge is 0.234 e. The second-order valence-electron chi connectivity index (χ2n) is 5.52. The normalized spacial score (nSPS) is 19.2. The van der Waals surface area contributed by atoms with Gasteiger partial charge in [0.2, 0.25) is 5.91 Å². The lowest BCUT2D eigenvalue weighted by Crippen LogP contribution is -2.45. The number of rotatable bonds is 7. The van der Waals surface area contributed by atoms with E-state index < -0.39 is 0 Å². The second kappa shape index (κ2) is 8.39.